The van der Waals surface area contributed by atoms with Crippen molar-refractivity contribution in [1.29, 1.82) is 0 Å². The van der Waals surface area contributed by atoms with Crippen LogP contribution in [0.25, 0.3) is 0 Å². The minimum atomic E-state index is 0.338. The molecule has 0 bridgehead atoms. The maximum Gasteiger partial charge on any atom is 0.222 e. The summed E-state index contributed by atoms with van der Waals surface area (Å²) in [5.41, 5.74) is 5.74. The normalized spacial score (nSPS) is 30.5. The number of carbonyl (C=O) groups excluding carboxylic acids is 1. The van der Waals surface area contributed by atoms with Gasteiger partial charge in [-0.15, -0.1) is 0 Å². The molecule has 2 fully saturated rings. The molecule has 1 aliphatic heterocycles. The van der Waals surface area contributed by atoms with Crippen LogP contribution in [0.1, 0.15) is 33.1 Å². The number of rotatable bonds is 3. The van der Waals surface area contributed by atoms with E-state index in [9.17, 15) is 4.79 Å². The van der Waals surface area contributed by atoms with E-state index in [0.717, 1.165) is 45.4 Å². The molecule has 0 unspecified atom stereocenters. The predicted octanol–water partition coefficient (Wildman–Crippen LogP) is 0.666. The lowest BCUT2D eigenvalue weighted by Gasteiger charge is -2.39. The van der Waals surface area contributed by atoms with Crippen LogP contribution in [0.5, 0.6) is 0 Å². The van der Waals surface area contributed by atoms with Crippen LogP contribution in [0.3, 0.4) is 0 Å². The van der Waals surface area contributed by atoms with Crippen LogP contribution < -0.4 is 5.73 Å². The van der Waals surface area contributed by atoms with Gasteiger partial charge in [0.15, 0.2) is 0 Å². The Morgan fingerprint density at radius 2 is 1.82 bits per heavy atom. The molecule has 2 rings (SSSR count). The van der Waals surface area contributed by atoms with Gasteiger partial charge in [-0.3, -0.25) is 9.69 Å². The van der Waals surface area contributed by atoms with Crippen LogP contribution in [0.15, 0.2) is 0 Å². The molecule has 1 saturated carbocycles. The lowest BCUT2D eigenvalue weighted by Crippen LogP contribution is -2.51. The Morgan fingerprint density at radius 1 is 1.24 bits per heavy atom. The average Bonchev–Trinajstić information content (AvgIpc) is 2.27. The highest BCUT2D eigenvalue weighted by atomic mass is 16.2. The predicted molar refractivity (Wildman–Crippen MR) is 68.6 cm³/mol. The van der Waals surface area contributed by atoms with Crippen LogP contribution in [0.2, 0.25) is 0 Å². The van der Waals surface area contributed by atoms with E-state index in [1.807, 2.05) is 4.90 Å². The van der Waals surface area contributed by atoms with E-state index in [0.29, 0.717) is 23.9 Å². The molecule has 4 heteroatoms. The number of hydrogen-bond acceptors (Lipinski definition) is 3. The Bertz CT molecular complexity index is 266. The summed E-state index contributed by atoms with van der Waals surface area (Å²) in [6.45, 7) is 8.27. The summed E-state index contributed by atoms with van der Waals surface area (Å²) in [4.78, 5) is 16.5. The highest BCUT2D eigenvalue weighted by Gasteiger charge is 2.30. The molecular weight excluding hydrogens is 214 g/mol. The van der Waals surface area contributed by atoms with E-state index in [1.165, 1.54) is 0 Å². The molecule has 2 aliphatic rings. The van der Waals surface area contributed by atoms with Crippen molar-refractivity contribution in [3.05, 3.63) is 0 Å². The molecule has 1 saturated heterocycles. The van der Waals surface area contributed by atoms with E-state index >= 15 is 0 Å². The molecule has 0 atom stereocenters. The monoisotopic (exact) mass is 239 g/mol. The summed E-state index contributed by atoms with van der Waals surface area (Å²) in [6.07, 6.45) is 2.80. The molecule has 1 heterocycles. The van der Waals surface area contributed by atoms with Crippen LogP contribution in [-0.4, -0.2) is 54.0 Å². The first-order valence-electron chi connectivity index (χ1n) is 6.83. The molecule has 0 radical (unpaired) electrons. The maximum atomic E-state index is 12.1. The minimum absolute atomic E-state index is 0.338. The highest BCUT2D eigenvalue weighted by Crippen LogP contribution is 2.29. The van der Waals surface area contributed by atoms with Gasteiger partial charge in [-0.05, 0) is 32.6 Å². The van der Waals surface area contributed by atoms with Crippen LogP contribution >= 0.6 is 0 Å². The van der Waals surface area contributed by atoms with Crippen LogP contribution in [0, 0.1) is 5.92 Å². The van der Waals surface area contributed by atoms with E-state index in [1.54, 1.807) is 0 Å². The molecule has 0 aromatic carbocycles. The van der Waals surface area contributed by atoms with Gasteiger partial charge in [0.25, 0.3) is 0 Å². The second kappa shape index (κ2) is 5.36. The number of hydrogen-bond donors (Lipinski definition) is 1. The first kappa shape index (κ1) is 12.8. The van der Waals surface area contributed by atoms with Crippen LogP contribution in [0.4, 0.5) is 0 Å². The second-order valence-electron chi connectivity index (χ2n) is 5.81. The zero-order valence-corrected chi connectivity index (χ0v) is 11.1. The lowest BCUT2D eigenvalue weighted by atomic mass is 9.78. The molecule has 2 N–H and O–H groups in total. The molecule has 4 nitrogen and oxygen atoms in total. The summed E-state index contributed by atoms with van der Waals surface area (Å²) in [6, 6.07) is 0.947. The van der Waals surface area contributed by atoms with Gasteiger partial charge >= 0.3 is 0 Å². The highest BCUT2D eigenvalue weighted by molar-refractivity contribution is 5.76. The van der Waals surface area contributed by atoms with Gasteiger partial charge in [-0.1, -0.05) is 0 Å². The molecule has 1 aliphatic carbocycles. The topological polar surface area (TPSA) is 49.6 Å². The molecular formula is C13H25N3O. The van der Waals surface area contributed by atoms with Crippen molar-refractivity contribution in [2.75, 3.05) is 26.2 Å². The fourth-order valence-electron chi connectivity index (χ4n) is 2.82. The lowest BCUT2D eigenvalue weighted by molar-refractivity contribution is -0.134. The van der Waals surface area contributed by atoms with Gasteiger partial charge in [0, 0.05) is 44.7 Å². The third-order valence-corrected chi connectivity index (χ3v) is 4.13. The van der Waals surface area contributed by atoms with E-state index in [4.69, 9.17) is 5.73 Å². The molecule has 0 spiro atoms. The maximum absolute atomic E-state index is 12.1. The Labute approximate surface area is 104 Å². The fourth-order valence-corrected chi connectivity index (χ4v) is 2.82. The Morgan fingerprint density at radius 3 is 2.29 bits per heavy atom. The number of nitrogens with zero attached hydrogens (tertiary/aromatic N) is 2. The van der Waals surface area contributed by atoms with Crippen molar-refractivity contribution < 1.29 is 4.79 Å². The standard InChI is InChI=1S/C13H25N3O/c1-10(2)15-3-5-16(6-4-15)13(17)9-11-7-12(14)8-11/h10-12H,3-9,14H2,1-2H3. The molecule has 17 heavy (non-hydrogen) atoms. The van der Waals surface area contributed by atoms with Crippen molar-refractivity contribution in [3.63, 3.8) is 0 Å². The summed E-state index contributed by atoms with van der Waals surface area (Å²) in [7, 11) is 0. The first-order valence-corrected chi connectivity index (χ1v) is 6.83. The number of carbonyl (C=O) groups is 1. The Balaban J connectivity index is 1.71. The first-order chi connectivity index (χ1) is 8.06. The van der Waals surface area contributed by atoms with E-state index < -0.39 is 0 Å². The largest absolute Gasteiger partial charge is 0.340 e. The summed E-state index contributed by atoms with van der Waals surface area (Å²) in [5.74, 6) is 0.894. The molecule has 1 amide bonds. The fraction of sp³-hybridized carbons (Fsp3) is 0.923. The van der Waals surface area contributed by atoms with Gasteiger partial charge in [0.05, 0.1) is 0 Å². The van der Waals surface area contributed by atoms with Crippen LogP contribution in [-0.2, 0) is 4.79 Å². The Kier molecular flexibility index (Phi) is 4.05. The average molecular weight is 239 g/mol. The van der Waals surface area contributed by atoms with Gasteiger partial charge < -0.3 is 10.6 Å². The zero-order valence-electron chi connectivity index (χ0n) is 11.1. The number of nitrogens with two attached hydrogens (primary N) is 1. The molecule has 0 aromatic rings. The number of amides is 1. The van der Waals surface area contributed by atoms with Crippen molar-refractivity contribution >= 4 is 5.91 Å². The van der Waals surface area contributed by atoms with E-state index in [-0.39, 0.29) is 0 Å². The zero-order chi connectivity index (χ0) is 12.4. The van der Waals surface area contributed by atoms with Gasteiger partial charge in [-0.25, -0.2) is 0 Å². The third-order valence-electron chi connectivity index (χ3n) is 4.13. The molecule has 98 valence electrons. The van der Waals surface area contributed by atoms with Crippen molar-refractivity contribution in [1.82, 2.24) is 9.80 Å². The summed E-state index contributed by atoms with van der Waals surface area (Å²) >= 11 is 0. The van der Waals surface area contributed by atoms with Gasteiger partial charge in [0.1, 0.15) is 0 Å². The smallest absolute Gasteiger partial charge is 0.222 e. The van der Waals surface area contributed by atoms with Gasteiger partial charge in [-0.2, -0.15) is 0 Å². The molecule has 0 aromatic heterocycles. The van der Waals surface area contributed by atoms with E-state index in [2.05, 4.69) is 18.7 Å². The SMILES string of the molecule is CC(C)N1CCN(C(=O)CC2CC(N)C2)CC1. The van der Waals surface area contributed by atoms with Crippen molar-refractivity contribution in [2.45, 2.75) is 45.2 Å². The second-order valence-corrected chi connectivity index (χ2v) is 5.81. The number of piperazine rings is 1. The van der Waals surface area contributed by atoms with Crippen molar-refractivity contribution in [2.24, 2.45) is 11.7 Å². The third kappa shape index (κ3) is 3.19. The van der Waals surface area contributed by atoms with Gasteiger partial charge in [0.2, 0.25) is 5.91 Å². The van der Waals surface area contributed by atoms with Crippen molar-refractivity contribution in [3.8, 4) is 0 Å². The quantitative estimate of drug-likeness (QED) is 0.787. The summed E-state index contributed by atoms with van der Waals surface area (Å²) < 4.78 is 0. The minimum Gasteiger partial charge on any atom is -0.340 e. The Hall–Kier alpha value is -0.610. The summed E-state index contributed by atoms with van der Waals surface area (Å²) in [5, 5.41) is 0.